The molecule has 4 heterocycles. The smallest absolute Gasteiger partial charge is 0.249 e. The van der Waals surface area contributed by atoms with E-state index in [1.807, 2.05) is 50.0 Å². The van der Waals surface area contributed by atoms with Crippen LogP contribution in [0.3, 0.4) is 0 Å². The Kier molecular flexibility index (Phi) is 6.56. The van der Waals surface area contributed by atoms with Crippen molar-refractivity contribution in [3.63, 3.8) is 0 Å². The number of aliphatic hydroxyl groups excluding tert-OH is 1. The van der Waals surface area contributed by atoms with Crippen LogP contribution in [0.25, 0.3) is 0 Å². The molecule has 3 amide bonds. The Balaban J connectivity index is 1.67. The molecule has 36 heavy (non-hydrogen) atoms. The second kappa shape index (κ2) is 9.28. The van der Waals surface area contributed by atoms with Crippen LogP contribution in [0.4, 0.5) is 0 Å². The van der Waals surface area contributed by atoms with Gasteiger partial charge in [0.25, 0.3) is 0 Å². The summed E-state index contributed by atoms with van der Waals surface area (Å²) in [6, 6.07) is -1.31. The Morgan fingerprint density at radius 3 is 2.33 bits per heavy atom. The lowest BCUT2D eigenvalue weighted by Crippen LogP contribution is -2.61. The van der Waals surface area contributed by atoms with Crippen LogP contribution in [0.5, 0.6) is 0 Å². The van der Waals surface area contributed by atoms with Crippen molar-refractivity contribution in [3.8, 4) is 0 Å². The number of nitrogens with zero attached hydrogens (tertiary/aromatic N) is 3. The molecular formula is C28H41N3O5. The summed E-state index contributed by atoms with van der Waals surface area (Å²) < 4.78 is 6.96. The van der Waals surface area contributed by atoms with Crippen molar-refractivity contribution in [1.29, 1.82) is 0 Å². The minimum absolute atomic E-state index is 0.0682. The van der Waals surface area contributed by atoms with Crippen LogP contribution in [0, 0.1) is 17.8 Å². The molecule has 0 aromatic heterocycles. The SMILES string of the molecule is CC[C@@]12C=CCN(C)C(=O)[C@@H]1[C@H]1C(=O)N([C@@H](CO)C(C)C)C3C(=O)N(C4CCCCC4)CC=C[C@@]31O2. The summed E-state index contributed by atoms with van der Waals surface area (Å²) in [4.78, 5) is 47.9. The van der Waals surface area contributed by atoms with Crippen LogP contribution < -0.4 is 0 Å². The first-order valence-corrected chi connectivity index (χ1v) is 13.8. The molecule has 8 heteroatoms. The minimum atomic E-state index is -1.25. The number of fused-ring (bicyclic) bond motifs is 2. The molecule has 2 saturated heterocycles. The molecule has 0 aromatic carbocycles. The molecule has 0 radical (unpaired) electrons. The first-order valence-electron chi connectivity index (χ1n) is 13.8. The zero-order valence-electron chi connectivity index (χ0n) is 22.1. The van der Waals surface area contributed by atoms with Gasteiger partial charge in [-0.05, 0) is 25.2 Å². The van der Waals surface area contributed by atoms with Gasteiger partial charge in [-0.25, -0.2) is 0 Å². The van der Waals surface area contributed by atoms with Gasteiger partial charge in [0.15, 0.2) is 0 Å². The van der Waals surface area contributed by atoms with E-state index in [-0.39, 0.29) is 36.3 Å². The first-order chi connectivity index (χ1) is 17.2. The van der Waals surface area contributed by atoms with Gasteiger partial charge in [-0.2, -0.15) is 0 Å². The maximum absolute atomic E-state index is 14.5. The molecule has 0 bridgehead atoms. The summed E-state index contributed by atoms with van der Waals surface area (Å²) in [6.07, 6.45) is 13.6. The van der Waals surface area contributed by atoms with Crippen molar-refractivity contribution >= 4 is 17.7 Å². The highest BCUT2D eigenvalue weighted by molar-refractivity contribution is 6.00. The first kappa shape index (κ1) is 25.5. The van der Waals surface area contributed by atoms with Crippen molar-refractivity contribution in [2.45, 2.75) is 88.6 Å². The van der Waals surface area contributed by atoms with Gasteiger partial charge in [-0.3, -0.25) is 14.4 Å². The van der Waals surface area contributed by atoms with E-state index < -0.39 is 35.1 Å². The Morgan fingerprint density at radius 2 is 1.69 bits per heavy atom. The van der Waals surface area contributed by atoms with Crippen LogP contribution in [0.15, 0.2) is 24.3 Å². The van der Waals surface area contributed by atoms with Crippen molar-refractivity contribution in [3.05, 3.63) is 24.3 Å². The van der Waals surface area contributed by atoms with E-state index in [1.54, 1.807) is 16.8 Å². The molecule has 1 unspecified atom stereocenters. The third kappa shape index (κ3) is 3.51. The molecule has 6 atom stereocenters. The van der Waals surface area contributed by atoms with Crippen molar-refractivity contribution in [2.75, 3.05) is 26.7 Å². The molecule has 5 rings (SSSR count). The lowest BCUT2D eigenvalue weighted by molar-refractivity contribution is -0.159. The summed E-state index contributed by atoms with van der Waals surface area (Å²) in [7, 11) is 1.75. The van der Waals surface area contributed by atoms with Crippen LogP contribution in [-0.4, -0.2) is 93.6 Å². The third-order valence-electron chi connectivity index (χ3n) is 9.44. The van der Waals surface area contributed by atoms with Gasteiger partial charge in [0.2, 0.25) is 17.7 Å². The van der Waals surface area contributed by atoms with Gasteiger partial charge in [0, 0.05) is 26.2 Å². The van der Waals surface area contributed by atoms with Gasteiger partial charge in [-0.15, -0.1) is 0 Å². The molecule has 4 aliphatic heterocycles. The molecular weight excluding hydrogens is 458 g/mol. The predicted octanol–water partition coefficient (Wildman–Crippen LogP) is 2.12. The predicted molar refractivity (Wildman–Crippen MR) is 135 cm³/mol. The standard InChI is InChI=1S/C28H41N3O5/c1-5-27-13-9-15-29(4)24(33)21(27)22-25(34)31(20(17-32)18(2)3)23-26(35)30(19-11-7-6-8-12-19)16-10-14-28(22,23)36-27/h9-10,13-14,18-23,32H,5-8,11-12,15-17H2,1-4H3/t20-,21-,22-,23?,27+,28-/m0/s1. The quantitative estimate of drug-likeness (QED) is 0.586. The number of carbonyl (C=O) groups is 3. The molecule has 1 N–H and O–H groups in total. The van der Waals surface area contributed by atoms with Crippen molar-refractivity contribution in [2.24, 2.45) is 17.8 Å². The Hall–Kier alpha value is -2.19. The van der Waals surface area contributed by atoms with Crippen LogP contribution in [0.2, 0.25) is 0 Å². The van der Waals surface area contributed by atoms with Crippen LogP contribution >= 0.6 is 0 Å². The number of ether oxygens (including phenoxy) is 1. The average molecular weight is 500 g/mol. The van der Waals surface area contributed by atoms with Gasteiger partial charge in [0.1, 0.15) is 11.6 Å². The average Bonchev–Trinajstić information content (AvgIpc) is 3.16. The lowest BCUT2D eigenvalue weighted by Gasteiger charge is -2.43. The monoisotopic (exact) mass is 499 g/mol. The maximum atomic E-state index is 14.5. The topological polar surface area (TPSA) is 90.4 Å². The fraction of sp³-hybridized carbons (Fsp3) is 0.750. The number of hydrogen-bond acceptors (Lipinski definition) is 5. The van der Waals surface area contributed by atoms with E-state index in [1.165, 1.54) is 6.42 Å². The summed E-state index contributed by atoms with van der Waals surface area (Å²) in [5.41, 5.74) is -2.21. The number of likely N-dealkylation sites (tertiary alicyclic amines) is 1. The van der Waals surface area contributed by atoms with Gasteiger partial charge in [0.05, 0.1) is 30.1 Å². The fourth-order valence-corrected chi connectivity index (χ4v) is 7.54. The Labute approximate surface area is 214 Å². The van der Waals surface area contributed by atoms with E-state index in [0.29, 0.717) is 19.5 Å². The summed E-state index contributed by atoms with van der Waals surface area (Å²) in [5, 5.41) is 10.4. The maximum Gasteiger partial charge on any atom is 0.249 e. The summed E-state index contributed by atoms with van der Waals surface area (Å²) >= 11 is 0. The highest BCUT2D eigenvalue weighted by Gasteiger charge is 2.76. The van der Waals surface area contributed by atoms with E-state index in [0.717, 1.165) is 25.7 Å². The fourth-order valence-electron chi connectivity index (χ4n) is 7.54. The van der Waals surface area contributed by atoms with Crippen molar-refractivity contribution in [1.82, 2.24) is 14.7 Å². The number of carbonyl (C=O) groups excluding carboxylic acids is 3. The zero-order chi connectivity index (χ0) is 25.8. The molecule has 1 aliphatic carbocycles. The van der Waals surface area contributed by atoms with Gasteiger partial charge < -0.3 is 24.5 Å². The van der Waals surface area contributed by atoms with E-state index in [2.05, 4.69) is 0 Å². The molecule has 198 valence electrons. The highest BCUT2D eigenvalue weighted by Crippen LogP contribution is 2.59. The van der Waals surface area contributed by atoms with Gasteiger partial charge >= 0.3 is 0 Å². The van der Waals surface area contributed by atoms with E-state index >= 15 is 0 Å². The molecule has 8 nitrogen and oxygen atoms in total. The largest absolute Gasteiger partial charge is 0.394 e. The number of aliphatic hydroxyl groups is 1. The van der Waals surface area contributed by atoms with E-state index in [9.17, 15) is 19.5 Å². The number of hydrogen-bond donors (Lipinski definition) is 1. The third-order valence-corrected chi connectivity index (χ3v) is 9.44. The molecule has 1 spiro atoms. The molecule has 3 fully saturated rings. The van der Waals surface area contributed by atoms with Gasteiger partial charge in [-0.1, -0.05) is 64.3 Å². The second-order valence-corrected chi connectivity index (χ2v) is 11.7. The zero-order valence-corrected chi connectivity index (χ0v) is 22.1. The van der Waals surface area contributed by atoms with E-state index in [4.69, 9.17) is 4.74 Å². The van der Waals surface area contributed by atoms with Crippen molar-refractivity contribution < 1.29 is 24.2 Å². The normalized spacial score (nSPS) is 37.8. The second-order valence-electron chi connectivity index (χ2n) is 11.7. The molecule has 0 aromatic rings. The summed E-state index contributed by atoms with van der Waals surface area (Å²) in [5.74, 6) is -2.11. The Morgan fingerprint density at radius 1 is 1.00 bits per heavy atom. The number of rotatable bonds is 5. The lowest BCUT2D eigenvalue weighted by atomic mass is 9.73. The molecule has 5 aliphatic rings. The highest BCUT2D eigenvalue weighted by atomic mass is 16.5. The number of likely N-dealkylation sites (N-methyl/N-ethyl adjacent to an activating group) is 1. The van der Waals surface area contributed by atoms with Crippen LogP contribution in [0.1, 0.15) is 59.3 Å². The Bertz CT molecular complexity index is 972. The van der Waals surface area contributed by atoms with Crippen LogP contribution in [-0.2, 0) is 19.1 Å². The summed E-state index contributed by atoms with van der Waals surface area (Å²) in [6.45, 7) is 6.56. The number of amides is 3. The minimum Gasteiger partial charge on any atom is -0.394 e. The molecule has 1 saturated carbocycles.